The molecule has 0 saturated carbocycles. The molecular formula is C33H40N2O3S2. The first-order chi connectivity index (χ1) is 19.4. The Balaban J connectivity index is 1.65. The molecule has 2 N–H and O–H groups in total. The molecule has 212 valence electrons. The lowest BCUT2D eigenvalue weighted by Crippen LogP contribution is -2.41. The van der Waals surface area contributed by atoms with Crippen LogP contribution in [0.25, 0.3) is 11.1 Å². The Morgan fingerprint density at radius 2 is 1.65 bits per heavy atom. The molecule has 1 aliphatic heterocycles. The van der Waals surface area contributed by atoms with E-state index < -0.39 is 12.0 Å². The minimum Gasteiger partial charge on any atom is -0.480 e. The van der Waals surface area contributed by atoms with E-state index in [9.17, 15) is 14.7 Å². The van der Waals surface area contributed by atoms with Gasteiger partial charge in [-0.25, -0.2) is 4.79 Å². The third-order valence-corrected chi connectivity index (χ3v) is 9.15. The smallest absolute Gasteiger partial charge is 0.326 e. The zero-order valence-corrected chi connectivity index (χ0v) is 25.3. The highest BCUT2D eigenvalue weighted by Gasteiger charge is 2.33. The zero-order chi connectivity index (χ0) is 28.5. The molecule has 3 atom stereocenters. The van der Waals surface area contributed by atoms with Gasteiger partial charge in [-0.2, -0.15) is 23.5 Å². The maximum atomic E-state index is 13.5. The monoisotopic (exact) mass is 576 g/mol. The summed E-state index contributed by atoms with van der Waals surface area (Å²) in [6, 6.07) is 24.9. The van der Waals surface area contributed by atoms with Crippen molar-refractivity contribution < 1.29 is 14.7 Å². The van der Waals surface area contributed by atoms with E-state index >= 15 is 0 Å². The third kappa shape index (κ3) is 7.71. The second-order valence-corrected chi connectivity index (χ2v) is 12.4. The minimum atomic E-state index is -1.00. The first-order valence-electron chi connectivity index (χ1n) is 13.9. The van der Waals surface area contributed by atoms with Crippen LogP contribution in [-0.4, -0.2) is 64.0 Å². The lowest BCUT2D eigenvalue weighted by atomic mass is 9.93. The number of carbonyl (C=O) groups excluding carboxylic acids is 1. The molecule has 1 saturated heterocycles. The first kappa shape index (κ1) is 30.2. The summed E-state index contributed by atoms with van der Waals surface area (Å²) >= 11 is 3.47. The van der Waals surface area contributed by atoms with Crippen LogP contribution < -0.4 is 5.32 Å². The topological polar surface area (TPSA) is 69.6 Å². The van der Waals surface area contributed by atoms with Gasteiger partial charge in [0, 0.05) is 29.9 Å². The van der Waals surface area contributed by atoms with Crippen molar-refractivity contribution in [3.05, 3.63) is 95.1 Å². The van der Waals surface area contributed by atoms with Gasteiger partial charge in [0.25, 0.3) is 5.91 Å². The van der Waals surface area contributed by atoms with E-state index in [1.54, 1.807) is 11.8 Å². The average molecular weight is 577 g/mol. The van der Waals surface area contributed by atoms with Gasteiger partial charge in [0.15, 0.2) is 0 Å². The lowest BCUT2D eigenvalue weighted by Gasteiger charge is -2.30. The van der Waals surface area contributed by atoms with Gasteiger partial charge in [0.1, 0.15) is 6.04 Å². The molecule has 0 bridgehead atoms. The largest absolute Gasteiger partial charge is 0.480 e. The van der Waals surface area contributed by atoms with Crippen LogP contribution in [0.1, 0.15) is 46.3 Å². The van der Waals surface area contributed by atoms with Crippen molar-refractivity contribution in [2.45, 2.75) is 57.3 Å². The minimum absolute atomic E-state index is 0.346. The van der Waals surface area contributed by atoms with E-state index in [1.165, 1.54) is 18.4 Å². The van der Waals surface area contributed by atoms with Crippen molar-refractivity contribution in [1.29, 1.82) is 0 Å². The summed E-state index contributed by atoms with van der Waals surface area (Å²) in [5.74, 6) is 0.414. The Labute approximate surface area is 247 Å². The Morgan fingerprint density at radius 3 is 2.35 bits per heavy atom. The predicted octanol–water partition coefficient (Wildman–Crippen LogP) is 6.54. The number of aryl methyl sites for hydroxylation is 1. The molecule has 40 heavy (non-hydrogen) atoms. The van der Waals surface area contributed by atoms with Crippen LogP contribution in [-0.2, 0) is 17.8 Å². The van der Waals surface area contributed by atoms with Crippen molar-refractivity contribution >= 4 is 35.4 Å². The number of benzene rings is 3. The molecule has 7 heteroatoms. The number of carbonyl (C=O) groups is 2. The van der Waals surface area contributed by atoms with Gasteiger partial charge in [-0.3, -0.25) is 9.69 Å². The summed E-state index contributed by atoms with van der Waals surface area (Å²) in [6.45, 7) is 2.86. The summed E-state index contributed by atoms with van der Waals surface area (Å²) in [5.41, 5.74) is 5.96. The quantitative estimate of drug-likeness (QED) is 0.241. The zero-order valence-electron chi connectivity index (χ0n) is 23.6. The molecule has 0 aliphatic carbocycles. The Bertz CT molecular complexity index is 1280. The van der Waals surface area contributed by atoms with Gasteiger partial charge in [-0.1, -0.05) is 60.7 Å². The molecule has 1 fully saturated rings. The average Bonchev–Trinajstić information content (AvgIpc) is 3.32. The Morgan fingerprint density at radius 1 is 0.925 bits per heavy atom. The molecule has 3 aromatic carbocycles. The summed E-state index contributed by atoms with van der Waals surface area (Å²) in [5, 5.41) is 12.5. The molecule has 3 aromatic rings. The third-order valence-electron chi connectivity index (χ3n) is 7.79. The van der Waals surface area contributed by atoms with E-state index in [2.05, 4.69) is 52.9 Å². The van der Waals surface area contributed by atoms with E-state index in [4.69, 9.17) is 0 Å². The van der Waals surface area contributed by atoms with Crippen molar-refractivity contribution in [1.82, 2.24) is 10.2 Å². The van der Waals surface area contributed by atoms with Crippen LogP contribution in [0.2, 0.25) is 0 Å². The molecule has 1 heterocycles. The van der Waals surface area contributed by atoms with Crippen LogP contribution in [0.5, 0.6) is 0 Å². The standard InChI is InChI=1S/C33H40N2O3S2/c1-23-9-7-8-12-28(23)30-20-25(13-16-29(30)32(36)34-31(33(37)38)17-18-39-2)21-35-26(14-15-27(35)22-40-3)19-24-10-5-4-6-11-24/h4-13,16,20,26-27,31H,14-15,17-19,21-22H2,1-3H3,(H,34,36)(H,37,38)/t26-,27-,31-/m0/s1. The summed E-state index contributed by atoms with van der Waals surface area (Å²) in [7, 11) is 0. The van der Waals surface area contributed by atoms with E-state index in [-0.39, 0.29) is 5.91 Å². The number of amides is 1. The van der Waals surface area contributed by atoms with Crippen LogP contribution in [0, 0.1) is 6.92 Å². The number of thioether (sulfide) groups is 2. The number of hydrogen-bond acceptors (Lipinski definition) is 5. The maximum absolute atomic E-state index is 13.5. The molecule has 4 rings (SSSR count). The van der Waals surface area contributed by atoms with Crippen molar-refractivity contribution in [3.63, 3.8) is 0 Å². The lowest BCUT2D eigenvalue weighted by molar-refractivity contribution is -0.139. The molecule has 0 radical (unpaired) electrons. The number of nitrogens with zero attached hydrogens (tertiary/aromatic N) is 1. The number of rotatable bonds is 13. The number of nitrogens with one attached hydrogen (secondary N) is 1. The highest BCUT2D eigenvalue weighted by atomic mass is 32.2. The van der Waals surface area contributed by atoms with Crippen molar-refractivity contribution in [3.8, 4) is 11.1 Å². The second kappa shape index (κ2) is 14.8. The fraction of sp³-hybridized carbons (Fsp3) is 0.394. The van der Waals surface area contributed by atoms with Crippen LogP contribution in [0.15, 0.2) is 72.8 Å². The van der Waals surface area contributed by atoms with E-state index in [0.29, 0.717) is 29.8 Å². The summed E-state index contributed by atoms with van der Waals surface area (Å²) < 4.78 is 0. The molecular weight excluding hydrogens is 537 g/mol. The highest BCUT2D eigenvalue weighted by molar-refractivity contribution is 7.98. The van der Waals surface area contributed by atoms with Crippen LogP contribution in [0.4, 0.5) is 0 Å². The molecule has 1 amide bonds. The number of hydrogen-bond donors (Lipinski definition) is 2. The summed E-state index contributed by atoms with van der Waals surface area (Å²) in [4.78, 5) is 28.0. The van der Waals surface area contributed by atoms with E-state index in [0.717, 1.165) is 41.0 Å². The van der Waals surface area contributed by atoms with Gasteiger partial charge in [0.2, 0.25) is 0 Å². The molecule has 1 aliphatic rings. The normalized spacial score (nSPS) is 18.0. The van der Waals surface area contributed by atoms with Gasteiger partial charge >= 0.3 is 5.97 Å². The van der Waals surface area contributed by atoms with Gasteiger partial charge < -0.3 is 10.4 Å². The molecule has 0 spiro atoms. The number of carboxylic acid groups (broad SMARTS) is 1. The fourth-order valence-electron chi connectivity index (χ4n) is 5.68. The first-order valence-corrected chi connectivity index (χ1v) is 16.7. The predicted molar refractivity (Wildman–Crippen MR) is 169 cm³/mol. The van der Waals surface area contributed by atoms with Gasteiger partial charge in [-0.15, -0.1) is 0 Å². The number of likely N-dealkylation sites (tertiary alicyclic amines) is 1. The fourth-order valence-corrected chi connectivity index (χ4v) is 6.89. The van der Waals surface area contributed by atoms with Gasteiger partial charge in [0.05, 0.1) is 0 Å². The SMILES string of the molecule is CSCC[C@H](NC(=O)c1ccc(CN2[C@H](CSC)CC[C@H]2Cc2ccccc2)cc1-c1ccccc1C)C(=O)O. The summed E-state index contributed by atoms with van der Waals surface area (Å²) in [6.07, 6.45) is 7.90. The van der Waals surface area contributed by atoms with Gasteiger partial charge in [-0.05, 0) is 90.8 Å². The molecule has 5 nitrogen and oxygen atoms in total. The highest BCUT2D eigenvalue weighted by Crippen LogP contribution is 2.33. The maximum Gasteiger partial charge on any atom is 0.326 e. The number of carboxylic acids is 1. The molecule has 0 unspecified atom stereocenters. The van der Waals surface area contributed by atoms with Crippen molar-refractivity contribution in [2.75, 3.05) is 24.0 Å². The van der Waals surface area contributed by atoms with Crippen LogP contribution in [0.3, 0.4) is 0 Å². The van der Waals surface area contributed by atoms with E-state index in [1.807, 2.05) is 61.3 Å². The Kier molecular flexibility index (Phi) is 11.2. The van der Waals surface area contributed by atoms with Crippen molar-refractivity contribution in [2.24, 2.45) is 0 Å². The molecule has 0 aromatic heterocycles. The number of aliphatic carboxylic acids is 1. The Hall–Kier alpha value is -2.74. The second-order valence-electron chi connectivity index (χ2n) is 10.5. The van der Waals surface area contributed by atoms with Crippen LogP contribution >= 0.6 is 23.5 Å².